The molecule has 0 aliphatic rings. The standard InChI is InChI=1S/C12H23N3O/c1-7(2)10(6)16-12-11(13)9(5)14-15(12)8(3)4/h7-8,10H,13H2,1-6H3. The molecule has 2 N–H and O–H groups in total. The molecule has 4 nitrogen and oxygen atoms in total. The Hall–Kier alpha value is -1.19. The third-order valence-electron chi connectivity index (χ3n) is 2.81. The lowest BCUT2D eigenvalue weighted by atomic mass is 10.1. The number of nitrogen functional groups attached to an aromatic ring is 1. The molecule has 1 aromatic heterocycles. The minimum absolute atomic E-state index is 0.135. The Bertz CT molecular complexity index is 355. The zero-order valence-corrected chi connectivity index (χ0v) is 11.1. The molecule has 4 heteroatoms. The molecular weight excluding hydrogens is 202 g/mol. The van der Waals surface area contributed by atoms with Crippen molar-refractivity contribution in [1.29, 1.82) is 0 Å². The van der Waals surface area contributed by atoms with Crippen LogP contribution in [0.15, 0.2) is 0 Å². The van der Waals surface area contributed by atoms with E-state index in [0.29, 0.717) is 17.5 Å². The highest BCUT2D eigenvalue weighted by atomic mass is 16.5. The molecule has 1 heterocycles. The number of anilines is 1. The number of aromatic nitrogens is 2. The van der Waals surface area contributed by atoms with Crippen molar-refractivity contribution in [3.63, 3.8) is 0 Å². The van der Waals surface area contributed by atoms with Gasteiger partial charge in [-0.2, -0.15) is 5.10 Å². The summed E-state index contributed by atoms with van der Waals surface area (Å²) >= 11 is 0. The molecule has 1 aromatic rings. The Morgan fingerprint density at radius 1 is 1.19 bits per heavy atom. The van der Waals surface area contributed by atoms with Crippen molar-refractivity contribution in [2.24, 2.45) is 5.92 Å². The molecule has 1 unspecified atom stereocenters. The molecule has 0 saturated carbocycles. The summed E-state index contributed by atoms with van der Waals surface area (Å²) in [5.41, 5.74) is 7.47. The number of hydrogen-bond donors (Lipinski definition) is 1. The first-order chi connectivity index (χ1) is 7.34. The fourth-order valence-electron chi connectivity index (χ4n) is 1.32. The van der Waals surface area contributed by atoms with Gasteiger partial charge in [0.1, 0.15) is 5.69 Å². The van der Waals surface area contributed by atoms with E-state index in [2.05, 4.69) is 39.7 Å². The number of aryl methyl sites for hydroxylation is 1. The summed E-state index contributed by atoms with van der Waals surface area (Å²) < 4.78 is 7.75. The number of ether oxygens (including phenoxy) is 1. The summed E-state index contributed by atoms with van der Waals surface area (Å²) in [4.78, 5) is 0. The monoisotopic (exact) mass is 225 g/mol. The summed E-state index contributed by atoms with van der Waals surface area (Å²) in [5, 5.41) is 4.39. The van der Waals surface area contributed by atoms with Crippen LogP contribution in [0.1, 0.15) is 46.4 Å². The quantitative estimate of drug-likeness (QED) is 0.857. The summed E-state index contributed by atoms with van der Waals surface area (Å²) in [6.45, 7) is 12.4. The summed E-state index contributed by atoms with van der Waals surface area (Å²) in [6, 6.07) is 0.255. The average Bonchev–Trinajstić information content (AvgIpc) is 2.45. The van der Waals surface area contributed by atoms with E-state index in [0.717, 1.165) is 5.69 Å². The second-order valence-electron chi connectivity index (χ2n) is 4.91. The molecule has 1 atom stereocenters. The molecule has 0 saturated heterocycles. The van der Waals surface area contributed by atoms with Crippen molar-refractivity contribution in [3.8, 4) is 5.88 Å². The highest BCUT2D eigenvalue weighted by Gasteiger charge is 2.19. The van der Waals surface area contributed by atoms with E-state index >= 15 is 0 Å². The topological polar surface area (TPSA) is 53.1 Å². The van der Waals surface area contributed by atoms with Crippen LogP contribution in [0.2, 0.25) is 0 Å². The molecule has 1 rings (SSSR count). The van der Waals surface area contributed by atoms with Crippen LogP contribution < -0.4 is 10.5 Å². The highest BCUT2D eigenvalue weighted by Crippen LogP contribution is 2.29. The SMILES string of the molecule is Cc1nn(C(C)C)c(OC(C)C(C)C)c1N. The van der Waals surface area contributed by atoms with Gasteiger partial charge in [-0.05, 0) is 33.6 Å². The fraction of sp³-hybridized carbons (Fsp3) is 0.750. The molecule has 0 spiro atoms. The van der Waals surface area contributed by atoms with Crippen molar-refractivity contribution in [2.45, 2.75) is 53.7 Å². The number of nitrogens with zero attached hydrogens (tertiary/aromatic N) is 2. The average molecular weight is 225 g/mol. The van der Waals surface area contributed by atoms with Crippen LogP contribution in [0.4, 0.5) is 5.69 Å². The number of rotatable bonds is 4. The Labute approximate surface area is 97.8 Å². The molecule has 0 aliphatic heterocycles. The van der Waals surface area contributed by atoms with Crippen LogP contribution in [0, 0.1) is 12.8 Å². The summed E-state index contributed by atoms with van der Waals surface area (Å²) in [7, 11) is 0. The van der Waals surface area contributed by atoms with E-state index in [1.54, 1.807) is 0 Å². The fourth-order valence-corrected chi connectivity index (χ4v) is 1.32. The predicted molar refractivity (Wildman–Crippen MR) is 66.7 cm³/mol. The van der Waals surface area contributed by atoms with Crippen LogP contribution in [0.3, 0.4) is 0 Å². The first kappa shape index (κ1) is 12.9. The van der Waals surface area contributed by atoms with E-state index in [9.17, 15) is 0 Å². The smallest absolute Gasteiger partial charge is 0.236 e. The minimum Gasteiger partial charge on any atom is -0.473 e. The predicted octanol–water partition coefficient (Wildman–Crippen LogP) is 2.78. The van der Waals surface area contributed by atoms with E-state index in [-0.39, 0.29) is 12.1 Å². The lowest BCUT2D eigenvalue weighted by molar-refractivity contribution is 0.152. The molecule has 0 amide bonds. The van der Waals surface area contributed by atoms with Gasteiger partial charge in [0.2, 0.25) is 5.88 Å². The Balaban J connectivity index is 3.02. The second-order valence-corrected chi connectivity index (χ2v) is 4.91. The summed E-state index contributed by atoms with van der Waals surface area (Å²) in [6.07, 6.45) is 0.135. The van der Waals surface area contributed by atoms with Gasteiger partial charge >= 0.3 is 0 Å². The van der Waals surface area contributed by atoms with Crippen LogP contribution in [0.25, 0.3) is 0 Å². The van der Waals surface area contributed by atoms with Crippen LogP contribution in [-0.4, -0.2) is 15.9 Å². The van der Waals surface area contributed by atoms with Crippen LogP contribution in [-0.2, 0) is 0 Å². The van der Waals surface area contributed by atoms with E-state index in [1.165, 1.54) is 0 Å². The van der Waals surface area contributed by atoms with Crippen molar-refractivity contribution in [1.82, 2.24) is 9.78 Å². The van der Waals surface area contributed by atoms with E-state index < -0.39 is 0 Å². The highest BCUT2D eigenvalue weighted by molar-refractivity contribution is 5.52. The largest absolute Gasteiger partial charge is 0.473 e. The van der Waals surface area contributed by atoms with Crippen molar-refractivity contribution in [3.05, 3.63) is 5.69 Å². The number of hydrogen-bond acceptors (Lipinski definition) is 3. The molecule has 0 fully saturated rings. The van der Waals surface area contributed by atoms with Gasteiger partial charge in [0, 0.05) is 0 Å². The van der Waals surface area contributed by atoms with Gasteiger partial charge in [0.05, 0.1) is 17.8 Å². The third kappa shape index (κ3) is 2.49. The molecule has 92 valence electrons. The maximum atomic E-state index is 5.98. The van der Waals surface area contributed by atoms with Gasteiger partial charge in [0.15, 0.2) is 0 Å². The second kappa shape index (κ2) is 4.76. The van der Waals surface area contributed by atoms with Gasteiger partial charge in [-0.1, -0.05) is 13.8 Å². The van der Waals surface area contributed by atoms with Gasteiger partial charge in [0.25, 0.3) is 0 Å². The molecule has 0 aromatic carbocycles. The maximum Gasteiger partial charge on any atom is 0.236 e. The Morgan fingerprint density at radius 3 is 2.19 bits per heavy atom. The van der Waals surface area contributed by atoms with Gasteiger partial charge in [-0.3, -0.25) is 0 Å². The van der Waals surface area contributed by atoms with Gasteiger partial charge in [-0.25, -0.2) is 4.68 Å². The zero-order valence-electron chi connectivity index (χ0n) is 11.1. The van der Waals surface area contributed by atoms with Crippen molar-refractivity contribution in [2.75, 3.05) is 5.73 Å². The summed E-state index contributed by atoms with van der Waals surface area (Å²) in [5.74, 6) is 1.16. The lowest BCUT2D eigenvalue weighted by Gasteiger charge is -2.20. The van der Waals surface area contributed by atoms with Gasteiger partial charge < -0.3 is 10.5 Å². The molecule has 0 radical (unpaired) electrons. The molecule has 0 aliphatic carbocycles. The molecular formula is C12H23N3O. The number of nitrogens with two attached hydrogens (primary N) is 1. The Morgan fingerprint density at radius 2 is 1.75 bits per heavy atom. The first-order valence-corrected chi connectivity index (χ1v) is 5.85. The molecule has 0 bridgehead atoms. The maximum absolute atomic E-state index is 5.98. The lowest BCUT2D eigenvalue weighted by Crippen LogP contribution is -2.21. The van der Waals surface area contributed by atoms with Crippen molar-refractivity contribution >= 4 is 5.69 Å². The zero-order chi connectivity index (χ0) is 12.5. The minimum atomic E-state index is 0.135. The van der Waals surface area contributed by atoms with Gasteiger partial charge in [-0.15, -0.1) is 0 Å². The normalized spacial score (nSPS) is 13.5. The van der Waals surface area contributed by atoms with Crippen molar-refractivity contribution < 1.29 is 4.74 Å². The first-order valence-electron chi connectivity index (χ1n) is 5.85. The Kier molecular flexibility index (Phi) is 3.83. The molecule has 16 heavy (non-hydrogen) atoms. The third-order valence-corrected chi connectivity index (χ3v) is 2.81. The van der Waals surface area contributed by atoms with Crippen LogP contribution in [0.5, 0.6) is 5.88 Å². The van der Waals surface area contributed by atoms with E-state index in [1.807, 2.05) is 11.6 Å². The van der Waals surface area contributed by atoms with Crippen LogP contribution >= 0.6 is 0 Å². The van der Waals surface area contributed by atoms with E-state index in [4.69, 9.17) is 10.5 Å².